The van der Waals surface area contributed by atoms with Gasteiger partial charge in [0.15, 0.2) is 0 Å². The van der Waals surface area contributed by atoms with Crippen molar-refractivity contribution in [1.29, 1.82) is 5.26 Å². The molecule has 0 unspecified atom stereocenters. The van der Waals surface area contributed by atoms with Crippen LogP contribution in [-0.2, 0) is 6.18 Å². The van der Waals surface area contributed by atoms with Gasteiger partial charge in [0.25, 0.3) is 0 Å². The van der Waals surface area contributed by atoms with Crippen molar-refractivity contribution in [2.75, 3.05) is 0 Å². The first-order valence-electron chi connectivity index (χ1n) is 3.11. The Balaban J connectivity index is 3.35. The quantitative estimate of drug-likeness (QED) is 0.673. The summed E-state index contributed by atoms with van der Waals surface area (Å²) in [6, 6.07) is 1.75. The number of nitriles is 1. The third kappa shape index (κ3) is 1.87. The van der Waals surface area contributed by atoms with E-state index in [0.717, 1.165) is 0 Å². The summed E-state index contributed by atoms with van der Waals surface area (Å²) >= 11 is 0. The van der Waals surface area contributed by atoms with E-state index in [1.165, 1.54) is 6.07 Å². The lowest BCUT2D eigenvalue weighted by Crippen LogP contribution is -2.07. The second kappa shape index (κ2) is 2.94. The Bertz CT molecular complexity index is 367. The van der Waals surface area contributed by atoms with Crippen LogP contribution in [0, 0.1) is 11.3 Å². The Kier molecular flexibility index (Phi) is 2.10. The third-order valence-corrected chi connectivity index (χ3v) is 1.32. The zero-order chi connectivity index (χ0) is 10.1. The lowest BCUT2D eigenvalue weighted by molar-refractivity contribution is -0.138. The first kappa shape index (κ1) is 9.32. The smallest absolute Gasteiger partial charge is 0.417 e. The molecule has 1 N–H and O–H groups in total. The standard InChI is InChI=1S/C7H3F3N2O/c8-7(9,10)5-1-6(13)12-3-4(5)2-11/h1,3H,(H,12,13). The van der Waals surface area contributed by atoms with Gasteiger partial charge in [0.2, 0.25) is 5.88 Å². The molecule has 1 aromatic rings. The van der Waals surface area contributed by atoms with Gasteiger partial charge in [-0.3, -0.25) is 0 Å². The van der Waals surface area contributed by atoms with Gasteiger partial charge in [-0.15, -0.1) is 0 Å². The van der Waals surface area contributed by atoms with E-state index in [2.05, 4.69) is 4.98 Å². The van der Waals surface area contributed by atoms with Crippen LogP contribution in [0.15, 0.2) is 12.3 Å². The topological polar surface area (TPSA) is 56.9 Å². The highest BCUT2D eigenvalue weighted by Gasteiger charge is 2.34. The minimum Gasteiger partial charge on any atom is -0.493 e. The molecule has 3 nitrogen and oxygen atoms in total. The number of hydrogen-bond acceptors (Lipinski definition) is 3. The highest BCUT2D eigenvalue weighted by Crippen LogP contribution is 2.32. The average Bonchev–Trinajstić information content (AvgIpc) is 2.03. The number of alkyl halides is 3. The molecule has 1 aromatic heterocycles. The summed E-state index contributed by atoms with van der Waals surface area (Å²) in [5.41, 5.74) is -1.78. The normalized spacial score (nSPS) is 10.9. The largest absolute Gasteiger partial charge is 0.493 e. The van der Waals surface area contributed by atoms with Crippen LogP contribution in [-0.4, -0.2) is 10.1 Å². The van der Waals surface area contributed by atoms with Crippen molar-refractivity contribution in [3.8, 4) is 11.9 Å². The summed E-state index contributed by atoms with van der Waals surface area (Å²) in [5, 5.41) is 17.0. The SMILES string of the molecule is N#Cc1cnc(O)cc1C(F)(F)F. The molecule has 0 aromatic carbocycles. The predicted octanol–water partition coefficient (Wildman–Crippen LogP) is 1.68. The average molecular weight is 188 g/mol. The van der Waals surface area contributed by atoms with Crippen molar-refractivity contribution in [3.63, 3.8) is 0 Å². The summed E-state index contributed by atoms with van der Waals surface area (Å²) in [6.07, 6.45) is -3.97. The molecule has 0 bridgehead atoms. The summed E-state index contributed by atoms with van der Waals surface area (Å²) in [5.74, 6) is -0.758. The maximum absolute atomic E-state index is 12.1. The van der Waals surface area contributed by atoms with Gasteiger partial charge in [-0.25, -0.2) is 4.98 Å². The van der Waals surface area contributed by atoms with Crippen molar-refractivity contribution >= 4 is 0 Å². The molecular weight excluding hydrogens is 185 g/mol. The van der Waals surface area contributed by atoms with Crippen LogP contribution in [0.25, 0.3) is 0 Å². The van der Waals surface area contributed by atoms with Crippen LogP contribution in [0.2, 0.25) is 0 Å². The van der Waals surface area contributed by atoms with Crippen LogP contribution in [0.5, 0.6) is 5.88 Å². The summed E-state index contributed by atoms with van der Waals surface area (Å²) in [4.78, 5) is 3.16. The van der Waals surface area contributed by atoms with Gasteiger partial charge in [0.1, 0.15) is 6.07 Å². The van der Waals surface area contributed by atoms with Gasteiger partial charge in [0, 0.05) is 12.3 Å². The maximum Gasteiger partial charge on any atom is 0.417 e. The van der Waals surface area contributed by atoms with Crippen LogP contribution < -0.4 is 0 Å². The molecule has 6 heteroatoms. The van der Waals surface area contributed by atoms with Crippen molar-refractivity contribution < 1.29 is 18.3 Å². The molecule has 13 heavy (non-hydrogen) atoms. The van der Waals surface area contributed by atoms with Gasteiger partial charge >= 0.3 is 6.18 Å². The van der Waals surface area contributed by atoms with Gasteiger partial charge < -0.3 is 5.11 Å². The zero-order valence-electron chi connectivity index (χ0n) is 6.13. The van der Waals surface area contributed by atoms with Crippen LogP contribution in [0.3, 0.4) is 0 Å². The second-order valence-electron chi connectivity index (χ2n) is 2.20. The molecule has 0 aliphatic heterocycles. The van der Waals surface area contributed by atoms with E-state index in [4.69, 9.17) is 10.4 Å². The molecule has 0 aliphatic rings. The lowest BCUT2D eigenvalue weighted by Gasteiger charge is -2.07. The van der Waals surface area contributed by atoms with Crippen LogP contribution in [0.4, 0.5) is 13.2 Å². The molecule has 1 rings (SSSR count). The van der Waals surface area contributed by atoms with Crippen molar-refractivity contribution in [2.45, 2.75) is 6.18 Å². The van der Waals surface area contributed by atoms with Crippen LogP contribution >= 0.6 is 0 Å². The Morgan fingerprint density at radius 1 is 1.46 bits per heavy atom. The highest BCUT2D eigenvalue weighted by atomic mass is 19.4. The third-order valence-electron chi connectivity index (χ3n) is 1.32. The van der Waals surface area contributed by atoms with E-state index in [9.17, 15) is 13.2 Å². The fourth-order valence-corrected chi connectivity index (χ4v) is 0.768. The second-order valence-corrected chi connectivity index (χ2v) is 2.20. The number of aromatic nitrogens is 1. The fraction of sp³-hybridized carbons (Fsp3) is 0.143. The fourth-order valence-electron chi connectivity index (χ4n) is 0.768. The van der Waals surface area contributed by atoms with Gasteiger partial charge in [-0.05, 0) is 0 Å². The van der Waals surface area contributed by atoms with E-state index < -0.39 is 23.2 Å². The number of nitrogens with zero attached hydrogens (tertiary/aromatic N) is 2. The minimum atomic E-state index is -4.65. The first-order chi connectivity index (χ1) is 5.95. The highest BCUT2D eigenvalue weighted by molar-refractivity contribution is 5.39. The summed E-state index contributed by atoms with van der Waals surface area (Å²) in [7, 11) is 0. The first-order valence-corrected chi connectivity index (χ1v) is 3.11. The van der Waals surface area contributed by atoms with E-state index in [0.29, 0.717) is 12.3 Å². The molecule has 0 radical (unpaired) electrons. The molecule has 0 amide bonds. The van der Waals surface area contributed by atoms with E-state index in [1.807, 2.05) is 0 Å². The molecule has 0 fully saturated rings. The van der Waals surface area contributed by atoms with Crippen molar-refractivity contribution in [1.82, 2.24) is 4.98 Å². The van der Waals surface area contributed by atoms with E-state index >= 15 is 0 Å². The molecule has 0 saturated heterocycles. The summed E-state index contributed by atoms with van der Waals surface area (Å²) in [6.45, 7) is 0. The molecule has 0 spiro atoms. The Labute approximate surface area is 71.1 Å². The molecule has 1 heterocycles. The Morgan fingerprint density at radius 3 is 2.54 bits per heavy atom. The zero-order valence-corrected chi connectivity index (χ0v) is 6.13. The van der Waals surface area contributed by atoms with Crippen molar-refractivity contribution in [2.24, 2.45) is 0 Å². The predicted molar refractivity (Wildman–Crippen MR) is 35.6 cm³/mol. The molecule has 0 saturated carbocycles. The number of hydrogen-bond donors (Lipinski definition) is 1. The van der Waals surface area contributed by atoms with E-state index in [1.54, 1.807) is 0 Å². The number of aromatic hydroxyl groups is 1. The minimum absolute atomic E-state index is 0.415. The van der Waals surface area contributed by atoms with Crippen LogP contribution in [0.1, 0.15) is 11.1 Å². The monoisotopic (exact) mass is 188 g/mol. The van der Waals surface area contributed by atoms with Gasteiger partial charge in [0.05, 0.1) is 11.1 Å². The lowest BCUT2D eigenvalue weighted by atomic mass is 10.1. The molecule has 0 aliphatic carbocycles. The molecule has 68 valence electrons. The van der Waals surface area contributed by atoms with Gasteiger partial charge in [-0.2, -0.15) is 18.4 Å². The van der Waals surface area contributed by atoms with Crippen molar-refractivity contribution in [3.05, 3.63) is 23.4 Å². The molecular formula is C7H3F3N2O. The number of pyridine rings is 1. The maximum atomic E-state index is 12.1. The van der Waals surface area contributed by atoms with E-state index in [-0.39, 0.29) is 0 Å². The Hall–Kier alpha value is -1.77. The van der Waals surface area contributed by atoms with Gasteiger partial charge in [-0.1, -0.05) is 0 Å². The Morgan fingerprint density at radius 2 is 2.08 bits per heavy atom. The molecule has 0 atom stereocenters. The number of rotatable bonds is 0. The number of halogens is 3. The summed E-state index contributed by atoms with van der Waals surface area (Å²) < 4.78 is 36.4.